The monoisotopic (exact) mass is 453 g/mol. The first-order valence-electron chi connectivity index (χ1n) is 9.05. The van der Waals surface area contributed by atoms with Gasteiger partial charge in [0.25, 0.3) is 0 Å². The van der Waals surface area contributed by atoms with Gasteiger partial charge in [-0.15, -0.1) is 11.3 Å². The van der Waals surface area contributed by atoms with Gasteiger partial charge in [-0.25, -0.2) is 9.97 Å². The van der Waals surface area contributed by atoms with E-state index in [9.17, 15) is 22.8 Å². The Kier molecular flexibility index (Phi) is 6.74. The second-order valence-electron chi connectivity index (χ2n) is 6.44. The first-order valence-corrected chi connectivity index (χ1v) is 9.87. The lowest BCUT2D eigenvalue weighted by molar-refractivity contribution is -0.134. The Morgan fingerprint density at radius 1 is 1.16 bits per heavy atom. The van der Waals surface area contributed by atoms with Gasteiger partial charge >= 0.3 is 6.18 Å². The molecule has 0 radical (unpaired) electrons. The number of methoxy groups -OCH3 is 2. The summed E-state index contributed by atoms with van der Waals surface area (Å²) in [5.41, 5.74) is 0.786. The molecule has 0 spiro atoms. The van der Waals surface area contributed by atoms with Crippen LogP contribution in [0.1, 0.15) is 22.7 Å². The van der Waals surface area contributed by atoms with Gasteiger partial charge in [0.2, 0.25) is 0 Å². The fourth-order valence-electron chi connectivity index (χ4n) is 2.82. The van der Waals surface area contributed by atoms with Gasteiger partial charge in [-0.2, -0.15) is 13.2 Å². The molecule has 0 atom stereocenters. The summed E-state index contributed by atoms with van der Waals surface area (Å²) in [5, 5.41) is 3.26. The molecule has 0 aliphatic heterocycles. The highest BCUT2D eigenvalue weighted by molar-refractivity contribution is 7.18. The number of rotatable bonds is 9. The number of carbonyl (C=O) groups excluding carboxylic acids is 2. The van der Waals surface area contributed by atoms with E-state index in [0.29, 0.717) is 22.8 Å². The minimum absolute atomic E-state index is 0.0395. The van der Waals surface area contributed by atoms with Crippen molar-refractivity contribution in [1.29, 1.82) is 0 Å². The Morgan fingerprint density at radius 2 is 1.90 bits per heavy atom. The molecule has 0 saturated carbocycles. The number of hydrogen-bond donors (Lipinski definition) is 1. The standard InChI is InChI=1S/C20H18F3N3O4S/c1-29-14-5-3-11(7-15(14)30-2)9-24-18-13-8-16(20(21,22)23)31-19(13)26-17(25-18)6-4-12(28)10-27/h3,5,7-8,10H,4,6,9H2,1-2H3,(H,24,25,26). The Labute approximate surface area is 179 Å². The summed E-state index contributed by atoms with van der Waals surface area (Å²) in [4.78, 5) is 29.6. The zero-order valence-corrected chi connectivity index (χ0v) is 17.4. The van der Waals surface area contributed by atoms with Gasteiger partial charge in [-0.3, -0.25) is 9.59 Å². The summed E-state index contributed by atoms with van der Waals surface area (Å²) in [6.45, 7) is 0.246. The van der Waals surface area contributed by atoms with E-state index in [1.165, 1.54) is 14.2 Å². The number of nitrogens with zero attached hydrogens (tertiary/aromatic N) is 2. The summed E-state index contributed by atoms with van der Waals surface area (Å²) in [6, 6.07) is 6.24. The van der Waals surface area contributed by atoms with Crippen LogP contribution in [0.15, 0.2) is 24.3 Å². The molecule has 0 aliphatic carbocycles. The van der Waals surface area contributed by atoms with Crippen molar-refractivity contribution in [1.82, 2.24) is 9.97 Å². The van der Waals surface area contributed by atoms with Crippen molar-refractivity contribution >= 4 is 39.4 Å². The maximum Gasteiger partial charge on any atom is 0.425 e. The maximum atomic E-state index is 13.2. The van der Waals surface area contributed by atoms with Crippen molar-refractivity contribution in [2.45, 2.75) is 25.6 Å². The van der Waals surface area contributed by atoms with Crippen molar-refractivity contribution in [2.75, 3.05) is 19.5 Å². The number of ketones is 1. The summed E-state index contributed by atoms with van der Waals surface area (Å²) >= 11 is 0.498. The van der Waals surface area contributed by atoms with Crippen LogP contribution in [0.25, 0.3) is 10.2 Å². The van der Waals surface area contributed by atoms with Crippen LogP contribution in [0.4, 0.5) is 19.0 Å². The second kappa shape index (κ2) is 9.29. The van der Waals surface area contributed by atoms with Crippen LogP contribution in [-0.2, 0) is 28.7 Å². The molecule has 164 valence electrons. The highest BCUT2D eigenvalue weighted by atomic mass is 32.1. The van der Waals surface area contributed by atoms with Crippen molar-refractivity contribution in [3.05, 3.63) is 40.5 Å². The van der Waals surface area contributed by atoms with E-state index in [4.69, 9.17) is 9.47 Å². The lowest BCUT2D eigenvalue weighted by Crippen LogP contribution is -2.07. The molecule has 0 saturated heterocycles. The molecule has 11 heteroatoms. The number of thiophene rings is 1. The third-order valence-corrected chi connectivity index (χ3v) is 5.43. The summed E-state index contributed by atoms with van der Waals surface area (Å²) in [6.07, 6.45) is -4.40. The molecule has 0 amide bonds. The van der Waals surface area contributed by atoms with E-state index >= 15 is 0 Å². The number of nitrogens with one attached hydrogen (secondary N) is 1. The molecule has 3 rings (SSSR count). The Hall–Kier alpha value is -3.21. The third kappa shape index (κ3) is 5.29. The molecule has 1 aromatic carbocycles. The van der Waals surface area contributed by atoms with Gasteiger partial charge in [0, 0.05) is 19.4 Å². The lowest BCUT2D eigenvalue weighted by atomic mass is 10.2. The number of carbonyl (C=O) groups is 2. The van der Waals surface area contributed by atoms with E-state index in [0.717, 1.165) is 11.6 Å². The van der Waals surface area contributed by atoms with Crippen LogP contribution in [-0.4, -0.2) is 36.3 Å². The number of anilines is 1. The zero-order chi connectivity index (χ0) is 22.6. The Bertz CT molecular complexity index is 1110. The summed E-state index contributed by atoms with van der Waals surface area (Å²) in [7, 11) is 3.01. The van der Waals surface area contributed by atoms with Crippen LogP contribution in [0.5, 0.6) is 11.5 Å². The van der Waals surface area contributed by atoms with Crippen LogP contribution in [0.3, 0.4) is 0 Å². The molecule has 2 heterocycles. The molecule has 0 bridgehead atoms. The predicted molar refractivity (Wildman–Crippen MR) is 109 cm³/mol. The fraction of sp³-hybridized carbons (Fsp3) is 0.300. The van der Waals surface area contributed by atoms with Crippen LogP contribution in [0, 0.1) is 0 Å². The number of halogens is 3. The first kappa shape index (κ1) is 22.5. The van der Waals surface area contributed by atoms with Gasteiger partial charge in [0.15, 0.2) is 23.6 Å². The molecule has 0 unspecified atom stereocenters. The van der Waals surface area contributed by atoms with E-state index in [1.54, 1.807) is 18.2 Å². The lowest BCUT2D eigenvalue weighted by Gasteiger charge is -2.12. The SMILES string of the molecule is COc1ccc(CNc2nc(CCC(=O)C=O)nc3sc(C(F)(F)F)cc23)cc1OC. The zero-order valence-electron chi connectivity index (χ0n) is 16.6. The molecular weight excluding hydrogens is 435 g/mol. The maximum absolute atomic E-state index is 13.2. The Morgan fingerprint density at radius 3 is 2.55 bits per heavy atom. The number of Topliss-reactive ketones (excluding diaryl/α,β-unsaturated/α-hetero) is 1. The number of aryl methyl sites for hydroxylation is 1. The van der Waals surface area contributed by atoms with Gasteiger partial charge in [0.05, 0.1) is 19.6 Å². The molecule has 2 aromatic heterocycles. The van der Waals surface area contributed by atoms with Crippen LogP contribution >= 0.6 is 11.3 Å². The average molecular weight is 453 g/mol. The van der Waals surface area contributed by atoms with Gasteiger partial charge in [-0.1, -0.05) is 6.07 Å². The second-order valence-corrected chi connectivity index (χ2v) is 7.47. The fourth-order valence-corrected chi connectivity index (χ4v) is 3.74. The summed E-state index contributed by atoms with van der Waals surface area (Å²) in [5.74, 6) is 0.807. The van der Waals surface area contributed by atoms with Crippen LogP contribution in [0.2, 0.25) is 0 Å². The van der Waals surface area contributed by atoms with Crippen molar-refractivity contribution in [2.24, 2.45) is 0 Å². The third-order valence-electron chi connectivity index (χ3n) is 4.35. The minimum atomic E-state index is -4.51. The number of ether oxygens (including phenoxy) is 2. The smallest absolute Gasteiger partial charge is 0.425 e. The normalized spacial score (nSPS) is 11.4. The summed E-state index contributed by atoms with van der Waals surface area (Å²) < 4.78 is 50.0. The van der Waals surface area contributed by atoms with Gasteiger partial charge in [0.1, 0.15) is 21.3 Å². The largest absolute Gasteiger partial charge is 0.493 e. The van der Waals surface area contributed by atoms with Crippen molar-refractivity contribution < 1.29 is 32.2 Å². The highest BCUT2D eigenvalue weighted by Gasteiger charge is 2.33. The van der Waals surface area contributed by atoms with E-state index in [-0.39, 0.29) is 47.5 Å². The number of fused-ring (bicyclic) bond motifs is 1. The number of hydrogen-bond acceptors (Lipinski definition) is 8. The van der Waals surface area contributed by atoms with Crippen molar-refractivity contribution in [3.8, 4) is 11.5 Å². The molecule has 0 aliphatic rings. The van der Waals surface area contributed by atoms with Crippen LogP contribution < -0.4 is 14.8 Å². The predicted octanol–water partition coefficient (Wildman–Crippen LogP) is 4.04. The average Bonchev–Trinajstić information content (AvgIpc) is 3.20. The van der Waals surface area contributed by atoms with Crippen molar-refractivity contribution in [3.63, 3.8) is 0 Å². The van der Waals surface area contributed by atoms with Gasteiger partial charge in [-0.05, 0) is 23.8 Å². The molecule has 7 nitrogen and oxygen atoms in total. The molecular formula is C20H18F3N3O4S. The molecule has 0 fully saturated rings. The quantitative estimate of drug-likeness (QED) is 0.386. The number of aromatic nitrogens is 2. The molecule has 3 aromatic rings. The molecule has 31 heavy (non-hydrogen) atoms. The number of benzene rings is 1. The number of alkyl halides is 3. The van der Waals surface area contributed by atoms with E-state index < -0.39 is 16.8 Å². The highest BCUT2D eigenvalue weighted by Crippen LogP contribution is 2.39. The first-order chi connectivity index (χ1) is 14.7. The van der Waals surface area contributed by atoms with Gasteiger partial charge < -0.3 is 14.8 Å². The molecule has 1 N–H and O–H groups in total. The van der Waals surface area contributed by atoms with E-state index in [1.807, 2.05) is 0 Å². The number of aldehydes is 1. The minimum Gasteiger partial charge on any atom is -0.493 e. The topological polar surface area (TPSA) is 90.4 Å². The van der Waals surface area contributed by atoms with E-state index in [2.05, 4.69) is 15.3 Å². The Balaban J connectivity index is 1.93.